The molecular formula is C19H22N2O3S. The molecule has 132 valence electrons. The average molecular weight is 358 g/mol. The Labute approximate surface area is 148 Å². The van der Waals surface area contributed by atoms with Gasteiger partial charge in [0.2, 0.25) is 15.9 Å². The summed E-state index contributed by atoms with van der Waals surface area (Å²) in [6.07, 6.45) is 2.90. The van der Waals surface area contributed by atoms with Gasteiger partial charge in [-0.3, -0.25) is 4.79 Å². The van der Waals surface area contributed by atoms with Crippen molar-refractivity contribution in [2.24, 2.45) is 0 Å². The molecule has 0 bridgehead atoms. The summed E-state index contributed by atoms with van der Waals surface area (Å²) in [4.78, 5) is 12.4. The van der Waals surface area contributed by atoms with E-state index in [4.69, 9.17) is 0 Å². The first-order valence-corrected chi connectivity index (χ1v) is 9.87. The molecule has 0 fully saturated rings. The summed E-state index contributed by atoms with van der Waals surface area (Å²) in [6.45, 7) is 1.62. The van der Waals surface area contributed by atoms with Gasteiger partial charge in [-0.2, -0.15) is 0 Å². The van der Waals surface area contributed by atoms with Crippen LogP contribution in [0.25, 0.3) is 0 Å². The molecule has 0 aliphatic heterocycles. The fourth-order valence-corrected chi connectivity index (χ4v) is 4.09. The Morgan fingerprint density at radius 2 is 1.84 bits per heavy atom. The van der Waals surface area contributed by atoms with Crippen LogP contribution >= 0.6 is 0 Å². The second-order valence-corrected chi connectivity index (χ2v) is 8.12. The van der Waals surface area contributed by atoms with E-state index in [1.54, 1.807) is 12.1 Å². The van der Waals surface area contributed by atoms with E-state index in [0.717, 1.165) is 30.4 Å². The van der Waals surface area contributed by atoms with Crippen molar-refractivity contribution in [1.29, 1.82) is 0 Å². The quantitative estimate of drug-likeness (QED) is 0.862. The number of hydrogen-bond donors (Lipinski definition) is 2. The second-order valence-electron chi connectivity index (χ2n) is 6.35. The predicted molar refractivity (Wildman–Crippen MR) is 96.6 cm³/mol. The first-order valence-electron chi connectivity index (χ1n) is 8.39. The van der Waals surface area contributed by atoms with Gasteiger partial charge in [0.05, 0.1) is 17.5 Å². The number of fused-ring (bicyclic) bond motifs is 1. The number of carbonyl (C=O) groups is 1. The Morgan fingerprint density at radius 3 is 2.60 bits per heavy atom. The van der Waals surface area contributed by atoms with Crippen molar-refractivity contribution in [3.8, 4) is 0 Å². The molecule has 5 nitrogen and oxygen atoms in total. The molecule has 1 aliphatic carbocycles. The summed E-state index contributed by atoms with van der Waals surface area (Å²) >= 11 is 0. The topological polar surface area (TPSA) is 75.3 Å². The van der Waals surface area contributed by atoms with E-state index >= 15 is 0 Å². The van der Waals surface area contributed by atoms with E-state index < -0.39 is 10.0 Å². The summed E-state index contributed by atoms with van der Waals surface area (Å²) in [5.74, 6) is -0.322. The molecule has 6 heteroatoms. The number of rotatable bonds is 5. The van der Waals surface area contributed by atoms with Crippen molar-refractivity contribution in [2.45, 2.75) is 37.1 Å². The molecule has 3 rings (SSSR count). The summed E-state index contributed by atoms with van der Waals surface area (Å²) in [7, 11) is -3.68. The van der Waals surface area contributed by atoms with Crippen molar-refractivity contribution >= 4 is 15.9 Å². The van der Waals surface area contributed by atoms with E-state index in [1.165, 1.54) is 17.7 Å². The van der Waals surface area contributed by atoms with Crippen molar-refractivity contribution < 1.29 is 13.2 Å². The van der Waals surface area contributed by atoms with Crippen molar-refractivity contribution in [2.75, 3.05) is 6.54 Å². The zero-order chi connectivity index (χ0) is 17.9. The molecule has 0 heterocycles. The molecule has 0 saturated heterocycles. The lowest BCUT2D eigenvalue weighted by molar-refractivity contribution is -0.120. The van der Waals surface area contributed by atoms with Gasteiger partial charge in [0, 0.05) is 0 Å². The number of benzene rings is 2. The molecule has 1 amide bonds. The van der Waals surface area contributed by atoms with E-state index in [-0.39, 0.29) is 23.4 Å². The van der Waals surface area contributed by atoms with Crippen LogP contribution in [0.15, 0.2) is 53.4 Å². The van der Waals surface area contributed by atoms with E-state index in [0.29, 0.717) is 0 Å². The molecule has 0 spiro atoms. The van der Waals surface area contributed by atoms with Gasteiger partial charge in [0.15, 0.2) is 0 Å². The highest BCUT2D eigenvalue weighted by molar-refractivity contribution is 7.89. The van der Waals surface area contributed by atoms with E-state index in [1.807, 2.05) is 25.1 Å². The van der Waals surface area contributed by atoms with Gasteiger partial charge in [-0.15, -0.1) is 0 Å². The maximum atomic E-state index is 12.2. The molecule has 0 saturated carbocycles. The maximum Gasteiger partial charge on any atom is 0.241 e. The lowest BCUT2D eigenvalue weighted by atomic mass is 9.88. The molecule has 2 aromatic rings. The van der Waals surface area contributed by atoms with Crippen LogP contribution in [0, 0.1) is 6.92 Å². The Bertz CT molecular complexity index is 860. The number of carbonyl (C=O) groups excluding carboxylic acids is 1. The standard InChI is InChI=1S/C19H22N2O3S/c1-14-9-11-16(12-10-14)25(23,24)20-13-19(22)21-18-8-4-6-15-5-2-3-7-17(15)18/h2-3,5,7,9-12,18,20H,4,6,8,13H2,1H3,(H,21,22)/t18-/m1/s1. The second kappa shape index (κ2) is 7.37. The third-order valence-corrected chi connectivity index (χ3v) is 5.88. The molecule has 2 aromatic carbocycles. The summed E-state index contributed by atoms with van der Waals surface area (Å²) in [6, 6.07) is 14.5. The fraction of sp³-hybridized carbons (Fsp3) is 0.316. The van der Waals surface area contributed by atoms with Crippen LogP contribution < -0.4 is 10.0 Å². The number of amides is 1. The highest BCUT2D eigenvalue weighted by Gasteiger charge is 2.22. The Kier molecular flexibility index (Phi) is 5.20. The normalized spacial score (nSPS) is 16.9. The minimum Gasteiger partial charge on any atom is -0.348 e. The highest BCUT2D eigenvalue weighted by atomic mass is 32.2. The van der Waals surface area contributed by atoms with Gasteiger partial charge in [0.1, 0.15) is 0 Å². The van der Waals surface area contributed by atoms with Crippen molar-refractivity contribution in [1.82, 2.24) is 10.0 Å². The van der Waals surface area contributed by atoms with Crippen molar-refractivity contribution in [3.63, 3.8) is 0 Å². The number of sulfonamides is 1. The van der Waals surface area contributed by atoms with E-state index in [9.17, 15) is 13.2 Å². The van der Waals surface area contributed by atoms with Gasteiger partial charge in [-0.1, -0.05) is 42.0 Å². The van der Waals surface area contributed by atoms with Crippen LogP contribution in [-0.4, -0.2) is 20.9 Å². The summed E-state index contributed by atoms with van der Waals surface area (Å²) in [5.41, 5.74) is 3.36. The Hall–Kier alpha value is -2.18. The van der Waals surface area contributed by atoms with Crippen LogP contribution in [0.4, 0.5) is 0 Å². The number of nitrogens with one attached hydrogen (secondary N) is 2. The van der Waals surface area contributed by atoms with Crippen molar-refractivity contribution in [3.05, 3.63) is 65.2 Å². The first-order chi connectivity index (χ1) is 12.0. The number of hydrogen-bond acceptors (Lipinski definition) is 3. The molecular weight excluding hydrogens is 336 g/mol. The molecule has 0 radical (unpaired) electrons. The zero-order valence-electron chi connectivity index (χ0n) is 14.2. The predicted octanol–water partition coefficient (Wildman–Crippen LogP) is 2.47. The Morgan fingerprint density at radius 1 is 1.12 bits per heavy atom. The minimum atomic E-state index is -3.68. The van der Waals surface area contributed by atoms with Crippen LogP contribution in [0.5, 0.6) is 0 Å². The monoisotopic (exact) mass is 358 g/mol. The first kappa shape index (κ1) is 17.6. The third kappa shape index (κ3) is 4.27. The number of aryl methyl sites for hydroxylation is 2. The summed E-state index contributed by atoms with van der Waals surface area (Å²) < 4.78 is 26.9. The lowest BCUT2D eigenvalue weighted by Crippen LogP contribution is -2.39. The Balaban J connectivity index is 1.61. The van der Waals surface area contributed by atoms with Crippen LogP contribution in [0.2, 0.25) is 0 Å². The average Bonchev–Trinajstić information content (AvgIpc) is 2.61. The van der Waals surface area contributed by atoms with E-state index in [2.05, 4.69) is 16.1 Å². The fourth-order valence-electron chi connectivity index (χ4n) is 3.11. The van der Waals surface area contributed by atoms with Gasteiger partial charge >= 0.3 is 0 Å². The molecule has 1 atom stereocenters. The maximum absolute atomic E-state index is 12.2. The van der Waals surface area contributed by atoms with Crippen LogP contribution in [0.3, 0.4) is 0 Å². The molecule has 0 unspecified atom stereocenters. The molecule has 1 aliphatic rings. The molecule has 0 aromatic heterocycles. The SMILES string of the molecule is Cc1ccc(S(=O)(=O)NCC(=O)N[C@@H]2CCCc3ccccc32)cc1. The largest absolute Gasteiger partial charge is 0.348 e. The summed E-state index contributed by atoms with van der Waals surface area (Å²) in [5, 5.41) is 2.94. The van der Waals surface area contributed by atoms with Gasteiger partial charge in [-0.25, -0.2) is 13.1 Å². The van der Waals surface area contributed by atoms with Crippen LogP contribution in [0.1, 0.15) is 35.6 Å². The minimum absolute atomic E-state index is 0.0543. The smallest absolute Gasteiger partial charge is 0.241 e. The third-order valence-electron chi connectivity index (χ3n) is 4.46. The van der Waals surface area contributed by atoms with Crippen LogP contribution in [-0.2, 0) is 21.2 Å². The lowest BCUT2D eigenvalue weighted by Gasteiger charge is -2.26. The highest BCUT2D eigenvalue weighted by Crippen LogP contribution is 2.29. The van der Waals surface area contributed by atoms with Gasteiger partial charge < -0.3 is 5.32 Å². The zero-order valence-corrected chi connectivity index (χ0v) is 15.0. The molecule has 25 heavy (non-hydrogen) atoms. The van der Waals surface area contributed by atoms with Gasteiger partial charge in [-0.05, 0) is 49.4 Å². The van der Waals surface area contributed by atoms with Gasteiger partial charge in [0.25, 0.3) is 0 Å². The molecule has 2 N–H and O–H groups in total.